The molecule has 3 N–H and O–H groups in total. The number of carbonyl (C=O) groups is 2. The van der Waals surface area contributed by atoms with Gasteiger partial charge < -0.3 is 15.7 Å². The van der Waals surface area contributed by atoms with Crippen molar-refractivity contribution >= 4 is 17.7 Å². The predicted molar refractivity (Wildman–Crippen MR) is 118 cm³/mol. The number of likely N-dealkylation sites (tertiary alicyclic amines) is 1. The van der Waals surface area contributed by atoms with Crippen LogP contribution in [0.15, 0.2) is 54.6 Å². The molecule has 1 heterocycles. The summed E-state index contributed by atoms with van der Waals surface area (Å²) in [5, 5.41) is 14.6. The number of hydrogen-bond acceptors (Lipinski definition) is 3. The molecule has 6 heteroatoms. The Balaban J connectivity index is 1.56. The zero-order valence-electron chi connectivity index (χ0n) is 17.6. The van der Waals surface area contributed by atoms with Gasteiger partial charge in [-0.15, -0.1) is 0 Å². The first-order valence-electron chi connectivity index (χ1n) is 10.5. The third-order valence-corrected chi connectivity index (χ3v) is 6.00. The molecule has 0 radical (unpaired) electrons. The molecule has 3 rings (SSSR count). The van der Waals surface area contributed by atoms with Gasteiger partial charge in [0.1, 0.15) is 0 Å². The molecule has 1 aliphatic heterocycles. The molecule has 6 nitrogen and oxygen atoms in total. The summed E-state index contributed by atoms with van der Waals surface area (Å²) in [6, 6.07) is 18.4. The second-order valence-corrected chi connectivity index (χ2v) is 8.30. The normalized spacial score (nSPS) is 16.0. The highest BCUT2D eigenvalue weighted by Gasteiger charge is 2.34. The number of nitrogens with one attached hydrogen (secondary N) is 2. The number of aryl methyl sites for hydroxylation is 1. The van der Waals surface area contributed by atoms with E-state index in [1.54, 1.807) is 0 Å². The number of carboxylic acid groups (broad SMARTS) is 1. The highest BCUT2D eigenvalue weighted by atomic mass is 16.4. The zero-order chi connectivity index (χ0) is 21.4. The number of nitrogens with zero attached hydrogens (tertiary/aromatic N) is 1. The molecule has 1 saturated heterocycles. The molecule has 2 aromatic rings. The minimum atomic E-state index is -0.948. The third kappa shape index (κ3) is 6.59. The van der Waals surface area contributed by atoms with Crippen molar-refractivity contribution in [3.05, 3.63) is 65.7 Å². The molecule has 0 bridgehead atoms. The third-order valence-electron chi connectivity index (χ3n) is 6.00. The Morgan fingerprint density at radius 1 is 1.00 bits per heavy atom. The first kappa shape index (κ1) is 21.8. The van der Waals surface area contributed by atoms with E-state index < -0.39 is 6.09 Å². The molecule has 160 valence electrons. The highest BCUT2D eigenvalue weighted by Crippen LogP contribution is 2.36. The van der Waals surface area contributed by atoms with Crippen LogP contribution >= 0.6 is 0 Å². The Morgan fingerprint density at radius 3 is 2.27 bits per heavy atom. The smallest absolute Gasteiger partial charge is 0.404 e. The molecular weight excluding hydrogens is 378 g/mol. The van der Waals surface area contributed by atoms with E-state index in [2.05, 4.69) is 51.9 Å². The minimum Gasteiger partial charge on any atom is -0.465 e. The fourth-order valence-electron chi connectivity index (χ4n) is 4.17. The Labute approximate surface area is 178 Å². The molecule has 0 aromatic heterocycles. The Bertz CT molecular complexity index is 829. The Kier molecular flexibility index (Phi) is 7.46. The SMILES string of the molecule is CC(=O)Nc1ccc(CN2CCC(CCc3ccccc3)(CNC(=O)O)CC2)cc1. The summed E-state index contributed by atoms with van der Waals surface area (Å²) < 4.78 is 0. The van der Waals surface area contributed by atoms with E-state index in [1.807, 2.05) is 18.2 Å². The van der Waals surface area contributed by atoms with Gasteiger partial charge >= 0.3 is 6.09 Å². The summed E-state index contributed by atoms with van der Waals surface area (Å²) in [5.74, 6) is -0.0689. The number of carbonyl (C=O) groups excluding carboxylic acids is 1. The second-order valence-electron chi connectivity index (χ2n) is 8.30. The van der Waals surface area contributed by atoms with Crippen molar-refractivity contribution in [1.29, 1.82) is 0 Å². The molecule has 0 saturated carbocycles. The largest absolute Gasteiger partial charge is 0.465 e. The molecule has 0 atom stereocenters. The Hall–Kier alpha value is -2.86. The van der Waals surface area contributed by atoms with Crippen molar-refractivity contribution in [1.82, 2.24) is 10.2 Å². The molecular formula is C24H31N3O3. The average molecular weight is 410 g/mol. The van der Waals surface area contributed by atoms with Crippen LogP contribution in [0.25, 0.3) is 0 Å². The minimum absolute atomic E-state index is 0.00000361. The lowest BCUT2D eigenvalue weighted by Gasteiger charge is -2.42. The first-order chi connectivity index (χ1) is 14.4. The van der Waals surface area contributed by atoms with Crippen LogP contribution in [0.4, 0.5) is 10.5 Å². The van der Waals surface area contributed by atoms with Gasteiger partial charge in [0.05, 0.1) is 0 Å². The van der Waals surface area contributed by atoms with E-state index in [0.29, 0.717) is 6.54 Å². The summed E-state index contributed by atoms with van der Waals surface area (Å²) >= 11 is 0. The molecule has 2 aromatic carbocycles. The summed E-state index contributed by atoms with van der Waals surface area (Å²) in [6.45, 7) is 4.77. The number of hydrogen-bond donors (Lipinski definition) is 3. The van der Waals surface area contributed by atoms with Crippen LogP contribution in [-0.2, 0) is 17.8 Å². The van der Waals surface area contributed by atoms with Gasteiger partial charge in [-0.1, -0.05) is 42.5 Å². The number of benzene rings is 2. The topological polar surface area (TPSA) is 81.7 Å². The van der Waals surface area contributed by atoms with E-state index in [9.17, 15) is 9.59 Å². The van der Waals surface area contributed by atoms with Gasteiger partial charge in [-0.05, 0) is 67.4 Å². The molecule has 2 amide bonds. The number of piperidine rings is 1. The summed E-state index contributed by atoms with van der Waals surface area (Å²) in [7, 11) is 0. The molecule has 0 spiro atoms. The predicted octanol–water partition coefficient (Wildman–Crippen LogP) is 4.13. The van der Waals surface area contributed by atoms with Gasteiger partial charge in [0, 0.05) is 25.7 Å². The maximum atomic E-state index is 11.2. The van der Waals surface area contributed by atoms with E-state index in [1.165, 1.54) is 18.1 Å². The summed E-state index contributed by atoms with van der Waals surface area (Å²) in [4.78, 5) is 24.7. The van der Waals surface area contributed by atoms with Gasteiger partial charge in [-0.2, -0.15) is 0 Å². The van der Waals surface area contributed by atoms with Crippen LogP contribution < -0.4 is 10.6 Å². The van der Waals surface area contributed by atoms with Crippen LogP contribution in [-0.4, -0.2) is 41.6 Å². The van der Waals surface area contributed by atoms with Gasteiger partial charge in [0.25, 0.3) is 0 Å². The van der Waals surface area contributed by atoms with E-state index in [0.717, 1.165) is 51.0 Å². The van der Waals surface area contributed by atoms with Crippen molar-refractivity contribution in [2.24, 2.45) is 5.41 Å². The summed E-state index contributed by atoms with van der Waals surface area (Å²) in [6.07, 6.45) is 2.95. The second kappa shape index (κ2) is 10.3. The fourth-order valence-corrected chi connectivity index (χ4v) is 4.17. The van der Waals surface area contributed by atoms with Crippen LogP contribution in [0.2, 0.25) is 0 Å². The Morgan fingerprint density at radius 2 is 1.67 bits per heavy atom. The van der Waals surface area contributed by atoms with Crippen molar-refractivity contribution < 1.29 is 14.7 Å². The molecule has 1 aliphatic rings. The first-order valence-corrected chi connectivity index (χ1v) is 10.5. The van der Waals surface area contributed by atoms with E-state index in [4.69, 9.17) is 5.11 Å². The van der Waals surface area contributed by atoms with Crippen LogP contribution in [0.3, 0.4) is 0 Å². The van der Waals surface area contributed by atoms with Crippen molar-refractivity contribution in [2.75, 3.05) is 25.0 Å². The van der Waals surface area contributed by atoms with Crippen molar-refractivity contribution in [2.45, 2.75) is 39.2 Å². The highest BCUT2D eigenvalue weighted by molar-refractivity contribution is 5.88. The van der Waals surface area contributed by atoms with Crippen LogP contribution in [0.5, 0.6) is 0 Å². The quantitative estimate of drug-likeness (QED) is 0.612. The van der Waals surface area contributed by atoms with Crippen molar-refractivity contribution in [3.8, 4) is 0 Å². The maximum Gasteiger partial charge on any atom is 0.404 e. The average Bonchev–Trinajstić information content (AvgIpc) is 2.74. The molecule has 30 heavy (non-hydrogen) atoms. The standard InChI is InChI=1S/C24H31N3O3/c1-19(28)26-22-9-7-21(8-10-22)17-27-15-13-24(14-16-27,18-25-23(29)30)12-11-20-5-3-2-4-6-20/h2-10,25H,11-18H2,1H3,(H,26,28)(H,29,30). The monoisotopic (exact) mass is 409 g/mol. The lowest BCUT2D eigenvalue weighted by atomic mass is 9.74. The number of anilines is 1. The van der Waals surface area contributed by atoms with Crippen LogP contribution in [0.1, 0.15) is 37.3 Å². The summed E-state index contributed by atoms with van der Waals surface area (Å²) in [5.41, 5.74) is 3.32. The lowest BCUT2D eigenvalue weighted by Crippen LogP contribution is -2.46. The van der Waals surface area contributed by atoms with Gasteiger partial charge in [-0.25, -0.2) is 4.79 Å². The van der Waals surface area contributed by atoms with E-state index in [-0.39, 0.29) is 11.3 Å². The number of rotatable bonds is 8. The van der Waals surface area contributed by atoms with Crippen LogP contribution in [0, 0.1) is 5.41 Å². The zero-order valence-corrected chi connectivity index (χ0v) is 17.6. The fraction of sp³-hybridized carbons (Fsp3) is 0.417. The number of amides is 2. The van der Waals surface area contributed by atoms with E-state index >= 15 is 0 Å². The molecule has 0 unspecified atom stereocenters. The van der Waals surface area contributed by atoms with Gasteiger partial charge in [0.15, 0.2) is 0 Å². The lowest BCUT2D eigenvalue weighted by molar-refractivity contribution is -0.114. The molecule has 1 fully saturated rings. The van der Waals surface area contributed by atoms with Gasteiger partial charge in [-0.3, -0.25) is 9.69 Å². The van der Waals surface area contributed by atoms with Crippen molar-refractivity contribution in [3.63, 3.8) is 0 Å². The molecule has 0 aliphatic carbocycles. The van der Waals surface area contributed by atoms with Gasteiger partial charge in [0.2, 0.25) is 5.91 Å². The maximum absolute atomic E-state index is 11.2.